The number of hydrogen-bond donors (Lipinski definition) is 14. The molecule has 3 aromatic heterocycles. The van der Waals surface area contributed by atoms with E-state index in [0.717, 1.165) is 0 Å². The van der Waals surface area contributed by atoms with Gasteiger partial charge in [0.1, 0.15) is 24.2 Å². The molecule has 0 radical (unpaired) electrons. The highest BCUT2D eigenvalue weighted by Crippen LogP contribution is 2.39. The number of rotatable bonds is 24. The summed E-state index contributed by atoms with van der Waals surface area (Å²) in [6, 6.07) is 28.0. The number of anilines is 4. The minimum atomic E-state index is -1.45. The molecule has 9 rings (SSSR count). The number of aliphatic carboxylic acids is 8. The minimum absolute atomic E-state index is 0.314. The van der Waals surface area contributed by atoms with Crippen LogP contribution in [0.25, 0.3) is 90.9 Å². The molecule has 0 unspecified atom stereocenters. The van der Waals surface area contributed by atoms with Gasteiger partial charge in [0.05, 0.1) is 48.5 Å². The first-order chi connectivity index (χ1) is 40.2. The van der Waals surface area contributed by atoms with E-state index in [1.807, 2.05) is 24.3 Å². The normalized spacial score (nSPS) is 13.0. The Labute approximate surface area is 474 Å². The standard InChI is InChI=1S/C60H50N8O16/c69-49(70)25-45(57(77)78)61-33-9-1-29(2-10-33)53-37-17-19-39(65-37)54(30-3-11-34(12-4-30)62-46(58(79)80)26-50(71)72)41-21-23-43(67-41)56(32-7-15-36(16-8-32)64-48(60(83)84)28-52(75)76)44-24-22-42(68-44)55(40-20-18-38(53)66-40)31-5-13-35(14-6-31)63-47(59(81)82)27-51(73)74/h1-24,45-48,61-65,68H,25-28H2,(H,69,70)(H,71,72)(H,73,74)(H,75,76)(H,77,78)(H,79,80)(H,81,82)(H,83,84)/t45-,46-,47-,48-/m0/s1. The van der Waals surface area contributed by atoms with Crippen LogP contribution in [0.15, 0.2) is 121 Å². The van der Waals surface area contributed by atoms with Crippen molar-refractivity contribution in [3.63, 3.8) is 0 Å². The van der Waals surface area contributed by atoms with Crippen LogP contribution in [-0.2, 0) is 38.4 Å². The second-order valence-electron chi connectivity index (χ2n) is 19.3. The van der Waals surface area contributed by atoms with Gasteiger partial charge in [-0.15, -0.1) is 0 Å². The first-order valence-electron chi connectivity index (χ1n) is 25.6. The van der Waals surface area contributed by atoms with Gasteiger partial charge in [0.25, 0.3) is 0 Å². The third kappa shape index (κ3) is 13.2. The highest BCUT2D eigenvalue weighted by molar-refractivity contribution is 6.01. The number of benzene rings is 4. The maximum Gasteiger partial charge on any atom is 0.326 e. The van der Waals surface area contributed by atoms with Crippen LogP contribution in [0.2, 0.25) is 0 Å². The number of aromatic amines is 2. The van der Waals surface area contributed by atoms with Gasteiger partial charge in [0.15, 0.2) is 0 Å². The zero-order chi connectivity index (χ0) is 59.9. The number of fused-ring (bicyclic) bond motifs is 8. The van der Waals surface area contributed by atoms with Crippen molar-refractivity contribution in [1.29, 1.82) is 0 Å². The fraction of sp³-hybridized carbons (Fsp3) is 0.133. The highest BCUT2D eigenvalue weighted by atomic mass is 16.4. The molecule has 4 aromatic carbocycles. The van der Waals surface area contributed by atoms with Gasteiger partial charge in [-0.25, -0.2) is 29.1 Å². The van der Waals surface area contributed by atoms with Crippen molar-refractivity contribution in [3.8, 4) is 44.5 Å². The van der Waals surface area contributed by atoms with Gasteiger partial charge in [-0.1, -0.05) is 48.5 Å². The molecule has 0 saturated carbocycles. The van der Waals surface area contributed by atoms with E-state index in [4.69, 9.17) is 9.97 Å². The average Bonchev–Trinajstić information content (AvgIpc) is 2.10. The monoisotopic (exact) mass is 1140 g/mol. The van der Waals surface area contributed by atoms with Crippen molar-refractivity contribution in [1.82, 2.24) is 19.9 Å². The van der Waals surface area contributed by atoms with Gasteiger partial charge in [0, 0.05) is 67.1 Å². The van der Waals surface area contributed by atoms with Crippen LogP contribution in [-0.4, -0.2) is 133 Å². The molecule has 24 nitrogen and oxygen atoms in total. The van der Waals surface area contributed by atoms with Crippen molar-refractivity contribution >= 4 is 117 Å². The lowest BCUT2D eigenvalue weighted by atomic mass is 10.0. The van der Waals surface area contributed by atoms with Gasteiger partial charge in [-0.3, -0.25) is 19.2 Å². The van der Waals surface area contributed by atoms with Crippen LogP contribution in [0.3, 0.4) is 0 Å². The van der Waals surface area contributed by atoms with Crippen LogP contribution in [0.5, 0.6) is 0 Å². The largest absolute Gasteiger partial charge is 0.481 e. The molecule has 4 atom stereocenters. The lowest BCUT2D eigenvalue weighted by Gasteiger charge is -2.14. The van der Waals surface area contributed by atoms with Crippen molar-refractivity contribution in [2.75, 3.05) is 21.3 Å². The molecule has 426 valence electrons. The summed E-state index contributed by atoms with van der Waals surface area (Å²) in [5.74, 6) is -10.7. The fourth-order valence-electron chi connectivity index (χ4n) is 9.66. The smallest absolute Gasteiger partial charge is 0.326 e. The molecule has 5 heterocycles. The average molecular weight is 1140 g/mol. The summed E-state index contributed by atoms with van der Waals surface area (Å²) in [6.45, 7) is 0. The molecule has 7 aromatic rings. The number of carbonyl (C=O) groups is 8. The molecule has 2 aliphatic heterocycles. The Balaban J connectivity index is 1.31. The Morgan fingerprint density at radius 1 is 0.310 bits per heavy atom. The predicted molar refractivity (Wildman–Crippen MR) is 310 cm³/mol. The van der Waals surface area contributed by atoms with E-state index in [9.17, 15) is 79.2 Å². The molecule has 0 spiro atoms. The summed E-state index contributed by atoms with van der Waals surface area (Å²) < 4.78 is 0. The number of hydrogen-bond acceptors (Lipinski definition) is 14. The molecule has 84 heavy (non-hydrogen) atoms. The predicted octanol–water partition coefficient (Wildman–Crippen LogP) is 8.68. The number of aromatic nitrogens is 4. The summed E-state index contributed by atoms with van der Waals surface area (Å²) in [5.41, 5.74) is 9.66. The molecular formula is C60H50N8O16. The van der Waals surface area contributed by atoms with E-state index in [2.05, 4.69) is 31.2 Å². The molecular weight excluding hydrogens is 1090 g/mol. The van der Waals surface area contributed by atoms with Gasteiger partial charge < -0.3 is 72.1 Å². The van der Waals surface area contributed by atoms with E-state index in [1.54, 1.807) is 121 Å². The summed E-state index contributed by atoms with van der Waals surface area (Å²) >= 11 is 0. The van der Waals surface area contributed by atoms with Gasteiger partial charge in [-0.2, -0.15) is 0 Å². The van der Waals surface area contributed by atoms with Crippen LogP contribution in [0.4, 0.5) is 22.7 Å². The number of nitrogens with one attached hydrogen (secondary N) is 6. The first kappa shape index (κ1) is 57.1. The molecule has 2 aliphatic rings. The topological polar surface area (TPSA) is 404 Å². The quantitative estimate of drug-likeness (QED) is 0.0269. The summed E-state index contributed by atoms with van der Waals surface area (Å²) in [5, 5.41) is 87.8. The Kier molecular flexibility index (Phi) is 16.6. The second-order valence-corrected chi connectivity index (χ2v) is 19.3. The van der Waals surface area contributed by atoms with Crippen LogP contribution in [0.1, 0.15) is 48.5 Å². The molecule has 14 N–H and O–H groups in total. The lowest BCUT2D eigenvalue weighted by molar-refractivity contribution is -0.144. The van der Waals surface area contributed by atoms with Crippen molar-refractivity contribution in [2.45, 2.75) is 49.9 Å². The lowest BCUT2D eigenvalue weighted by Crippen LogP contribution is -2.31. The maximum absolute atomic E-state index is 12.0. The third-order valence-electron chi connectivity index (χ3n) is 13.5. The SMILES string of the molecule is O=C(O)C[C@H](Nc1ccc(-c2c3nc(c(-c4ccc(N[C@@H](CC(=O)O)C(=O)O)cc4)c4ccc([nH]4)c(-c4ccc(N[C@@H](CC(=O)O)C(=O)O)cc4)c4nc(c(-c5ccc(N[C@@H](CC(=O)O)C(=O)O)cc5)c5ccc2[nH]5)C=C4)C=C3)cc1)C(=O)O. The summed E-state index contributed by atoms with van der Waals surface area (Å²) in [4.78, 5) is 112. The summed E-state index contributed by atoms with van der Waals surface area (Å²) in [7, 11) is 0. The Morgan fingerprint density at radius 3 is 0.667 bits per heavy atom. The van der Waals surface area contributed by atoms with Gasteiger partial charge >= 0.3 is 47.8 Å². The first-order valence-corrected chi connectivity index (χ1v) is 25.6. The van der Waals surface area contributed by atoms with E-state index >= 15 is 0 Å². The van der Waals surface area contributed by atoms with Gasteiger partial charge in [-0.05, 0) is 119 Å². The van der Waals surface area contributed by atoms with E-state index in [-0.39, 0.29) is 0 Å². The molecule has 0 saturated heterocycles. The molecule has 8 bridgehead atoms. The molecule has 24 heteroatoms. The molecule has 0 amide bonds. The van der Waals surface area contributed by atoms with Crippen LogP contribution < -0.4 is 21.3 Å². The highest BCUT2D eigenvalue weighted by Gasteiger charge is 2.26. The number of nitrogens with zero attached hydrogens (tertiary/aromatic N) is 2. The zero-order valence-corrected chi connectivity index (χ0v) is 43.7. The van der Waals surface area contributed by atoms with E-state index in [1.165, 1.54) is 0 Å². The zero-order valence-electron chi connectivity index (χ0n) is 43.7. The third-order valence-corrected chi connectivity index (χ3v) is 13.5. The van der Waals surface area contributed by atoms with Crippen molar-refractivity contribution in [2.24, 2.45) is 0 Å². The second kappa shape index (κ2) is 24.4. The van der Waals surface area contributed by atoms with Gasteiger partial charge in [0.2, 0.25) is 0 Å². The minimum Gasteiger partial charge on any atom is -0.481 e. The van der Waals surface area contributed by atoms with Crippen molar-refractivity contribution in [3.05, 3.63) is 144 Å². The summed E-state index contributed by atoms with van der Waals surface area (Å²) in [6.07, 6.45) is 4.38. The Bertz CT molecular complexity index is 3510. The van der Waals surface area contributed by atoms with Crippen LogP contribution >= 0.6 is 0 Å². The maximum atomic E-state index is 12.0. The van der Waals surface area contributed by atoms with E-state index < -0.39 is 97.6 Å². The van der Waals surface area contributed by atoms with Crippen molar-refractivity contribution < 1.29 is 79.2 Å². The Hall–Kier alpha value is -11.6. The number of carboxylic acids is 8. The van der Waals surface area contributed by atoms with Crippen LogP contribution in [0, 0.1) is 0 Å². The molecule has 0 fully saturated rings. The molecule has 0 aliphatic carbocycles. The fourth-order valence-corrected chi connectivity index (χ4v) is 9.66. The number of carboxylic acid groups (broad SMARTS) is 8. The Morgan fingerprint density at radius 2 is 0.500 bits per heavy atom. The number of H-pyrrole nitrogens is 2. The van der Waals surface area contributed by atoms with E-state index in [0.29, 0.717) is 112 Å².